The number of hydrogen-bond donors (Lipinski definition) is 0. The largest absolute Gasteiger partial charge is 0.426 e. The van der Waals surface area contributed by atoms with Crippen molar-refractivity contribution in [3.63, 3.8) is 0 Å². The van der Waals surface area contributed by atoms with Gasteiger partial charge in [0.2, 0.25) is 0 Å². The molecule has 1 aromatic heterocycles. The summed E-state index contributed by atoms with van der Waals surface area (Å²) in [7, 11) is 0. The highest BCUT2D eigenvalue weighted by molar-refractivity contribution is 7.99. The fraction of sp³-hybridized carbons (Fsp3) is 0.238. The first-order chi connectivity index (χ1) is 13.3. The van der Waals surface area contributed by atoms with E-state index in [0.29, 0.717) is 16.5 Å². The molecule has 0 fully saturated rings. The summed E-state index contributed by atoms with van der Waals surface area (Å²) in [4.78, 5) is 23.5. The maximum absolute atomic E-state index is 12.2. The number of Topliss-reactive ketones (excluding diaryl/α,β-unsaturated/α-hetero) is 1. The Kier molecular flexibility index (Phi) is 5.94. The van der Waals surface area contributed by atoms with Crippen LogP contribution in [0, 0.1) is 20.8 Å². The van der Waals surface area contributed by atoms with E-state index in [0.717, 1.165) is 22.6 Å². The number of ether oxygens (including phenoxy) is 1. The summed E-state index contributed by atoms with van der Waals surface area (Å²) in [5.41, 5.74) is 3.81. The fourth-order valence-electron chi connectivity index (χ4n) is 2.72. The molecule has 3 rings (SSSR count). The number of carbonyl (C=O) groups is 2. The topological polar surface area (TPSA) is 74.1 Å². The van der Waals surface area contributed by atoms with Crippen LogP contribution in [0.4, 0.5) is 0 Å². The van der Waals surface area contributed by atoms with E-state index in [4.69, 9.17) is 4.74 Å². The van der Waals surface area contributed by atoms with E-state index in [1.54, 1.807) is 24.3 Å². The van der Waals surface area contributed by atoms with E-state index in [1.165, 1.54) is 18.7 Å². The van der Waals surface area contributed by atoms with Gasteiger partial charge < -0.3 is 4.74 Å². The average molecular weight is 395 g/mol. The Balaban J connectivity index is 1.70. The van der Waals surface area contributed by atoms with E-state index in [9.17, 15) is 9.59 Å². The van der Waals surface area contributed by atoms with E-state index in [2.05, 4.69) is 28.4 Å². The average Bonchev–Trinajstić information content (AvgIpc) is 3.03. The van der Waals surface area contributed by atoms with Gasteiger partial charge in [0.05, 0.1) is 11.4 Å². The van der Waals surface area contributed by atoms with Crippen molar-refractivity contribution in [2.75, 3.05) is 5.75 Å². The van der Waals surface area contributed by atoms with E-state index in [-0.39, 0.29) is 11.5 Å². The normalized spacial score (nSPS) is 10.7. The van der Waals surface area contributed by atoms with Gasteiger partial charge in [0.1, 0.15) is 11.6 Å². The zero-order chi connectivity index (χ0) is 20.3. The lowest BCUT2D eigenvalue weighted by Crippen LogP contribution is -2.12. The smallest absolute Gasteiger partial charge is 0.321 e. The minimum Gasteiger partial charge on any atom is -0.426 e. The highest BCUT2D eigenvalue weighted by Gasteiger charge is 2.16. The van der Waals surface area contributed by atoms with Gasteiger partial charge in [-0.2, -0.15) is 0 Å². The first-order valence-electron chi connectivity index (χ1n) is 8.79. The van der Waals surface area contributed by atoms with E-state index in [1.807, 2.05) is 25.3 Å². The van der Waals surface area contributed by atoms with Gasteiger partial charge >= 0.3 is 5.97 Å². The summed E-state index contributed by atoms with van der Waals surface area (Å²) in [6.07, 6.45) is 0. The number of rotatable bonds is 6. The number of aryl methyl sites for hydroxylation is 3. The summed E-state index contributed by atoms with van der Waals surface area (Å²) in [6.45, 7) is 7.44. The number of thioether (sulfide) groups is 1. The van der Waals surface area contributed by atoms with Crippen molar-refractivity contribution in [3.05, 3.63) is 65.0 Å². The number of esters is 1. The summed E-state index contributed by atoms with van der Waals surface area (Å²) >= 11 is 1.27. The molecule has 28 heavy (non-hydrogen) atoms. The Morgan fingerprint density at radius 3 is 2.43 bits per heavy atom. The summed E-state index contributed by atoms with van der Waals surface area (Å²) < 4.78 is 7.28. The third-order valence-electron chi connectivity index (χ3n) is 4.21. The molecule has 6 nitrogen and oxygen atoms in total. The van der Waals surface area contributed by atoms with Crippen molar-refractivity contribution in [3.8, 4) is 11.4 Å². The van der Waals surface area contributed by atoms with Gasteiger partial charge in [0.15, 0.2) is 10.9 Å². The molecule has 0 aliphatic carbocycles. The van der Waals surface area contributed by atoms with Crippen molar-refractivity contribution in [1.29, 1.82) is 0 Å². The second-order valence-electron chi connectivity index (χ2n) is 6.50. The van der Waals surface area contributed by atoms with Crippen LogP contribution in [-0.4, -0.2) is 32.3 Å². The number of benzene rings is 2. The summed E-state index contributed by atoms with van der Waals surface area (Å²) in [6, 6.07) is 12.7. The van der Waals surface area contributed by atoms with Crippen LogP contribution in [0.1, 0.15) is 34.2 Å². The quantitative estimate of drug-likeness (QED) is 0.271. The molecule has 0 spiro atoms. The molecule has 0 amide bonds. The van der Waals surface area contributed by atoms with Crippen LogP contribution in [0.5, 0.6) is 5.75 Å². The third kappa shape index (κ3) is 4.48. The first-order valence-corrected chi connectivity index (χ1v) is 9.78. The molecule has 0 N–H and O–H groups in total. The van der Waals surface area contributed by atoms with E-state index < -0.39 is 5.97 Å². The second kappa shape index (κ2) is 8.39. The van der Waals surface area contributed by atoms with Crippen LogP contribution in [0.25, 0.3) is 5.69 Å². The van der Waals surface area contributed by atoms with Gasteiger partial charge in [0, 0.05) is 5.56 Å². The Bertz CT molecular complexity index is 1030. The molecule has 0 unspecified atom stereocenters. The maximum atomic E-state index is 12.2. The molecule has 2 aromatic carbocycles. The molecule has 3 aromatic rings. The Morgan fingerprint density at radius 2 is 1.75 bits per heavy atom. The molecular weight excluding hydrogens is 374 g/mol. The summed E-state index contributed by atoms with van der Waals surface area (Å²) in [5, 5.41) is 9.00. The van der Waals surface area contributed by atoms with Crippen molar-refractivity contribution < 1.29 is 14.3 Å². The van der Waals surface area contributed by atoms with Crippen LogP contribution in [0.2, 0.25) is 0 Å². The SMILES string of the molecule is CC(=O)c1ccc(OC(=O)CSc2nnc(C)n2-c2cc(C)ccc2C)cc1. The van der Waals surface area contributed by atoms with Crippen LogP contribution in [0.15, 0.2) is 47.6 Å². The minimum atomic E-state index is -0.395. The van der Waals surface area contributed by atoms with Gasteiger partial charge in [-0.15, -0.1) is 10.2 Å². The predicted molar refractivity (Wildman–Crippen MR) is 108 cm³/mol. The molecule has 7 heteroatoms. The van der Waals surface area contributed by atoms with Gasteiger partial charge in [-0.05, 0) is 69.2 Å². The molecule has 0 aliphatic rings. The van der Waals surface area contributed by atoms with Crippen molar-refractivity contribution in [1.82, 2.24) is 14.8 Å². The molecule has 0 aliphatic heterocycles. The van der Waals surface area contributed by atoms with Gasteiger partial charge in [0.25, 0.3) is 0 Å². The molecule has 144 valence electrons. The number of hydrogen-bond acceptors (Lipinski definition) is 6. The first kappa shape index (κ1) is 19.8. The lowest BCUT2D eigenvalue weighted by atomic mass is 10.1. The molecule has 0 saturated carbocycles. The van der Waals surface area contributed by atoms with Crippen molar-refractivity contribution >= 4 is 23.5 Å². The molecule has 0 saturated heterocycles. The zero-order valence-electron chi connectivity index (χ0n) is 16.2. The number of carbonyl (C=O) groups excluding carboxylic acids is 2. The Hall–Kier alpha value is -2.93. The molecule has 0 radical (unpaired) electrons. The zero-order valence-corrected chi connectivity index (χ0v) is 17.0. The van der Waals surface area contributed by atoms with Gasteiger partial charge in [-0.25, -0.2) is 0 Å². The van der Waals surface area contributed by atoms with Crippen molar-refractivity contribution in [2.45, 2.75) is 32.9 Å². The fourth-order valence-corrected chi connectivity index (χ4v) is 3.48. The number of ketones is 1. The minimum absolute atomic E-state index is 0.0328. The molecule has 1 heterocycles. The Labute approximate surface area is 167 Å². The monoisotopic (exact) mass is 395 g/mol. The van der Waals surface area contributed by atoms with Crippen LogP contribution in [0.3, 0.4) is 0 Å². The van der Waals surface area contributed by atoms with Gasteiger partial charge in [-0.3, -0.25) is 14.2 Å². The predicted octanol–water partition coefficient (Wildman–Crippen LogP) is 4.09. The lowest BCUT2D eigenvalue weighted by molar-refractivity contribution is -0.131. The third-order valence-corrected chi connectivity index (χ3v) is 5.11. The highest BCUT2D eigenvalue weighted by Crippen LogP contribution is 2.25. The number of nitrogens with zero attached hydrogens (tertiary/aromatic N) is 3. The van der Waals surface area contributed by atoms with E-state index >= 15 is 0 Å². The Morgan fingerprint density at radius 1 is 1.04 bits per heavy atom. The number of aromatic nitrogens is 3. The second-order valence-corrected chi connectivity index (χ2v) is 7.44. The molecule has 0 bridgehead atoms. The molecule has 0 atom stereocenters. The highest BCUT2D eigenvalue weighted by atomic mass is 32.2. The van der Waals surface area contributed by atoms with Crippen LogP contribution >= 0.6 is 11.8 Å². The van der Waals surface area contributed by atoms with Crippen LogP contribution < -0.4 is 4.74 Å². The molecular formula is C21H21N3O3S. The van der Waals surface area contributed by atoms with Crippen LogP contribution in [-0.2, 0) is 4.79 Å². The summed E-state index contributed by atoms with van der Waals surface area (Å²) in [5.74, 6) is 0.827. The maximum Gasteiger partial charge on any atom is 0.321 e. The van der Waals surface area contributed by atoms with Crippen molar-refractivity contribution in [2.24, 2.45) is 0 Å². The lowest BCUT2D eigenvalue weighted by Gasteiger charge is -2.12. The van der Waals surface area contributed by atoms with Gasteiger partial charge in [-0.1, -0.05) is 23.9 Å². The standard InChI is InChI=1S/C21H21N3O3S/c1-13-5-6-14(2)19(11-13)24-16(4)22-23-21(24)28-12-20(26)27-18-9-7-17(8-10-18)15(3)25/h5-11H,12H2,1-4H3.